The van der Waals surface area contributed by atoms with E-state index in [1.807, 2.05) is 24.3 Å². The Kier molecular flexibility index (Phi) is 3.78. The molecule has 18 heavy (non-hydrogen) atoms. The first-order chi connectivity index (χ1) is 8.65. The van der Waals surface area contributed by atoms with Gasteiger partial charge in [0.2, 0.25) is 0 Å². The van der Waals surface area contributed by atoms with Crippen molar-refractivity contribution in [3.63, 3.8) is 0 Å². The van der Waals surface area contributed by atoms with E-state index in [4.69, 9.17) is 4.74 Å². The van der Waals surface area contributed by atoms with Crippen molar-refractivity contribution in [1.29, 1.82) is 0 Å². The Balaban J connectivity index is 2.14. The number of esters is 1. The number of hydrogen-bond donors (Lipinski definition) is 0. The van der Waals surface area contributed by atoms with Gasteiger partial charge in [0.15, 0.2) is 0 Å². The van der Waals surface area contributed by atoms with E-state index in [1.165, 1.54) is 23.6 Å². The lowest BCUT2D eigenvalue weighted by Crippen LogP contribution is -1.98. The van der Waals surface area contributed by atoms with Crippen LogP contribution in [0.3, 0.4) is 0 Å². The van der Waals surface area contributed by atoms with Crippen molar-refractivity contribution >= 4 is 5.97 Å². The molecular weight excluding hydrogens is 224 g/mol. The van der Waals surface area contributed by atoms with Gasteiger partial charge < -0.3 is 4.74 Å². The van der Waals surface area contributed by atoms with Gasteiger partial charge in [0, 0.05) is 6.92 Å². The number of ether oxygens (including phenoxy) is 1. The van der Waals surface area contributed by atoms with Crippen LogP contribution in [-0.4, -0.2) is 5.97 Å². The summed E-state index contributed by atoms with van der Waals surface area (Å²) in [6, 6.07) is 16.5. The first-order valence-corrected chi connectivity index (χ1v) is 5.94. The number of benzene rings is 2. The average Bonchev–Trinajstić information content (AvgIpc) is 2.37. The maximum Gasteiger partial charge on any atom is 0.302 e. The van der Waals surface area contributed by atoms with E-state index < -0.39 is 0 Å². The molecule has 0 amide bonds. The molecule has 2 rings (SSSR count). The van der Waals surface area contributed by atoms with Crippen molar-refractivity contribution in [3.8, 4) is 11.1 Å². The molecule has 0 N–H and O–H groups in total. The molecule has 0 saturated carbocycles. The standard InChI is InChI=1S/C16H16O2/c1-12-4-3-5-16(10-12)15-8-6-14(7-9-15)11-18-13(2)17/h3-10H,11H2,1-2H3. The summed E-state index contributed by atoms with van der Waals surface area (Å²) < 4.78 is 4.95. The minimum atomic E-state index is -0.252. The van der Waals surface area contributed by atoms with Crippen LogP contribution in [0.1, 0.15) is 18.1 Å². The molecule has 2 aromatic carbocycles. The second-order valence-electron chi connectivity index (χ2n) is 4.35. The van der Waals surface area contributed by atoms with Gasteiger partial charge in [-0.15, -0.1) is 0 Å². The maximum atomic E-state index is 10.7. The highest BCUT2D eigenvalue weighted by Crippen LogP contribution is 2.20. The van der Waals surface area contributed by atoms with Gasteiger partial charge in [-0.3, -0.25) is 4.79 Å². The normalized spacial score (nSPS) is 10.1. The summed E-state index contributed by atoms with van der Waals surface area (Å²) in [6.07, 6.45) is 0. The van der Waals surface area contributed by atoms with Crippen molar-refractivity contribution in [3.05, 3.63) is 59.7 Å². The van der Waals surface area contributed by atoms with Crippen molar-refractivity contribution in [2.45, 2.75) is 20.5 Å². The summed E-state index contributed by atoms with van der Waals surface area (Å²) in [5, 5.41) is 0. The molecule has 92 valence electrons. The van der Waals surface area contributed by atoms with E-state index >= 15 is 0 Å². The Morgan fingerprint density at radius 1 is 1.06 bits per heavy atom. The molecule has 0 radical (unpaired) electrons. The number of carbonyl (C=O) groups is 1. The minimum Gasteiger partial charge on any atom is -0.461 e. The summed E-state index contributed by atoms with van der Waals surface area (Å²) in [4.78, 5) is 10.7. The lowest BCUT2D eigenvalue weighted by molar-refractivity contribution is -0.142. The summed E-state index contributed by atoms with van der Waals surface area (Å²) in [5.74, 6) is -0.252. The van der Waals surface area contributed by atoms with Gasteiger partial charge in [0.25, 0.3) is 0 Å². The molecule has 2 nitrogen and oxygen atoms in total. The lowest BCUT2D eigenvalue weighted by Gasteiger charge is -2.05. The second kappa shape index (κ2) is 5.50. The summed E-state index contributed by atoms with van der Waals surface area (Å²) in [7, 11) is 0. The third-order valence-corrected chi connectivity index (χ3v) is 2.75. The highest BCUT2D eigenvalue weighted by molar-refractivity contribution is 5.66. The number of aryl methyl sites for hydroxylation is 1. The lowest BCUT2D eigenvalue weighted by atomic mass is 10.0. The zero-order chi connectivity index (χ0) is 13.0. The molecule has 0 aromatic heterocycles. The van der Waals surface area contributed by atoms with Crippen LogP contribution in [0.2, 0.25) is 0 Å². The Labute approximate surface area is 107 Å². The van der Waals surface area contributed by atoms with Crippen molar-refractivity contribution in [2.24, 2.45) is 0 Å². The highest BCUT2D eigenvalue weighted by Gasteiger charge is 2.00. The second-order valence-corrected chi connectivity index (χ2v) is 4.35. The predicted octanol–water partition coefficient (Wildman–Crippen LogP) is 3.73. The van der Waals surface area contributed by atoms with Crippen LogP contribution >= 0.6 is 0 Å². The van der Waals surface area contributed by atoms with E-state index in [0.717, 1.165) is 5.56 Å². The van der Waals surface area contributed by atoms with E-state index in [1.54, 1.807) is 0 Å². The topological polar surface area (TPSA) is 26.3 Å². The van der Waals surface area contributed by atoms with Gasteiger partial charge >= 0.3 is 5.97 Å². The molecule has 0 bridgehead atoms. The Morgan fingerprint density at radius 3 is 2.39 bits per heavy atom. The van der Waals surface area contributed by atoms with Gasteiger partial charge in [0.05, 0.1) is 0 Å². The fourth-order valence-electron chi connectivity index (χ4n) is 1.80. The largest absolute Gasteiger partial charge is 0.461 e. The van der Waals surface area contributed by atoms with Crippen molar-refractivity contribution in [2.75, 3.05) is 0 Å². The fourth-order valence-corrected chi connectivity index (χ4v) is 1.80. The van der Waals surface area contributed by atoms with Gasteiger partial charge in [-0.25, -0.2) is 0 Å². The molecule has 0 heterocycles. The number of rotatable bonds is 3. The van der Waals surface area contributed by atoms with Crippen LogP contribution in [0.4, 0.5) is 0 Å². The molecule has 0 saturated heterocycles. The summed E-state index contributed by atoms with van der Waals surface area (Å²) in [5.41, 5.74) is 4.62. The average molecular weight is 240 g/mol. The fraction of sp³-hybridized carbons (Fsp3) is 0.188. The van der Waals surface area contributed by atoms with Crippen molar-refractivity contribution in [1.82, 2.24) is 0 Å². The molecular formula is C16H16O2. The van der Waals surface area contributed by atoms with E-state index in [-0.39, 0.29) is 5.97 Å². The maximum absolute atomic E-state index is 10.7. The number of hydrogen-bond acceptors (Lipinski definition) is 2. The Bertz CT molecular complexity index is 541. The first kappa shape index (κ1) is 12.4. The van der Waals surface area contributed by atoms with Crippen LogP contribution < -0.4 is 0 Å². The molecule has 0 unspecified atom stereocenters. The zero-order valence-electron chi connectivity index (χ0n) is 10.6. The quantitative estimate of drug-likeness (QED) is 0.764. The molecule has 0 spiro atoms. The van der Waals surface area contributed by atoms with Gasteiger partial charge in [-0.1, -0.05) is 54.1 Å². The van der Waals surface area contributed by atoms with Crippen LogP contribution in [0, 0.1) is 6.92 Å². The Morgan fingerprint density at radius 2 is 1.78 bits per heavy atom. The number of carbonyl (C=O) groups excluding carboxylic acids is 1. The van der Waals surface area contributed by atoms with E-state index in [9.17, 15) is 4.79 Å². The summed E-state index contributed by atoms with van der Waals surface area (Å²) in [6.45, 7) is 3.84. The van der Waals surface area contributed by atoms with E-state index in [2.05, 4.69) is 31.2 Å². The third kappa shape index (κ3) is 3.20. The van der Waals surface area contributed by atoms with Gasteiger partial charge in [-0.2, -0.15) is 0 Å². The molecule has 0 fully saturated rings. The predicted molar refractivity (Wildman–Crippen MR) is 72.1 cm³/mol. The van der Waals surface area contributed by atoms with Crippen molar-refractivity contribution < 1.29 is 9.53 Å². The van der Waals surface area contributed by atoms with Crippen LogP contribution in [0.25, 0.3) is 11.1 Å². The Hall–Kier alpha value is -2.09. The molecule has 2 aromatic rings. The molecule has 0 aliphatic carbocycles. The monoisotopic (exact) mass is 240 g/mol. The van der Waals surface area contributed by atoms with Gasteiger partial charge in [-0.05, 0) is 23.6 Å². The smallest absolute Gasteiger partial charge is 0.302 e. The first-order valence-electron chi connectivity index (χ1n) is 5.94. The SMILES string of the molecule is CC(=O)OCc1ccc(-c2cccc(C)c2)cc1. The molecule has 2 heteroatoms. The minimum absolute atomic E-state index is 0.252. The summed E-state index contributed by atoms with van der Waals surface area (Å²) >= 11 is 0. The van der Waals surface area contributed by atoms with Crippen LogP contribution in [0.5, 0.6) is 0 Å². The zero-order valence-corrected chi connectivity index (χ0v) is 10.6. The molecule has 0 aliphatic rings. The van der Waals surface area contributed by atoms with Gasteiger partial charge in [0.1, 0.15) is 6.61 Å². The van der Waals surface area contributed by atoms with E-state index in [0.29, 0.717) is 6.61 Å². The van der Waals surface area contributed by atoms with Crippen LogP contribution in [-0.2, 0) is 16.1 Å². The molecule has 0 atom stereocenters. The molecule has 0 aliphatic heterocycles. The van der Waals surface area contributed by atoms with Crippen LogP contribution in [0.15, 0.2) is 48.5 Å². The highest BCUT2D eigenvalue weighted by atomic mass is 16.5. The third-order valence-electron chi connectivity index (χ3n) is 2.75.